The van der Waals surface area contributed by atoms with Crippen molar-refractivity contribution < 1.29 is 0 Å². The third-order valence-electron chi connectivity index (χ3n) is 3.90. The number of nitrogens with zero attached hydrogens (tertiary/aromatic N) is 2. The largest absolute Gasteiger partial charge is 0.377 e. The number of rotatable bonds is 6. The summed E-state index contributed by atoms with van der Waals surface area (Å²) in [5.41, 5.74) is 6.29. The number of aryl methyl sites for hydroxylation is 1. The van der Waals surface area contributed by atoms with E-state index in [0.717, 1.165) is 28.4 Å². The van der Waals surface area contributed by atoms with E-state index in [9.17, 15) is 0 Å². The number of anilines is 1. The van der Waals surface area contributed by atoms with Gasteiger partial charge in [0.25, 0.3) is 0 Å². The molecule has 0 aliphatic heterocycles. The molecule has 1 heterocycles. The molecule has 0 atom stereocenters. The summed E-state index contributed by atoms with van der Waals surface area (Å²) in [5, 5.41) is 0.983. The van der Waals surface area contributed by atoms with E-state index in [4.69, 9.17) is 0 Å². The Morgan fingerprint density at radius 1 is 1.04 bits per heavy atom. The fourth-order valence-electron chi connectivity index (χ4n) is 2.95. The van der Waals surface area contributed by atoms with E-state index in [-0.39, 0.29) is 0 Å². The highest BCUT2D eigenvalue weighted by atomic mass is 32.2. The molecule has 0 spiro atoms. The lowest BCUT2D eigenvalue weighted by Gasteiger charge is -2.21. The maximum atomic E-state index is 4.65. The van der Waals surface area contributed by atoms with Gasteiger partial charge in [-0.05, 0) is 29.7 Å². The molecule has 3 rings (SSSR count). The molecular weight excluding hydrogens is 302 g/mol. The van der Waals surface area contributed by atoms with Crippen LogP contribution in [0.2, 0.25) is 0 Å². The number of fused-ring (bicyclic) bond motifs is 1. The highest BCUT2D eigenvalue weighted by Crippen LogP contribution is 2.31. The minimum atomic E-state index is 0.922. The summed E-state index contributed by atoms with van der Waals surface area (Å²) in [6, 6.07) is 14.8. The number of aromatic amines is 1. The van der Waals surface area contributed by atoms with Crippen molar-refractivity contribution in [3.63, 3.8) is 0 Å². The molecular formula is C19H23N3S. The van der Waals surface area contributed by atoms with Crippen LogP contribution in [0.1, 0.15) is 24.5 Å². The summed E-state index contributed by atoms with van der Waals surface area (Å²) in [7, 11) is 4.26. The first-order chi connectivity index (χ1) is 11.2. The van der Waals surface area contributed by atoms with Crippen LogP contribution in [0.4, 0.5) is 5.69 Å². The van der Waals surface area contributed by atoms with E-state index in [1.54, 1.807) is 11.8 Å². The van der Waals surface area contributed by atoms with E-state index < -0.39 is 0 Å². The van der Waals surface area contributed by atoms with Gasteiger partial charge in [0.15, 0.2) is 5.16 Å². The van der Waals surface area contributed by atoms with Gasteiger partial charge >= 0.3 is 0 Å². The molecule has 1 aromatic heterocycles. The van der Waals surface area contributed by atoms with Gasteiger partial charge in [0.05, 0.1) is 11.0 Å². The second-order valence-corrected chi connectivity index (χ2v) is 6.88. The van der Waals surface area contributed by atoms with Gasteiger partial charge in [0.1, 0.15) is 0 Å². The van der Waals surface area contributed by atoms with Crippen LogP contribution in [-0.4, -0.2) is 24.1 Å². The quantitative estimate of drug-likeness (QED) is 0.656. The lowest BCUT2D eigenvalue weighted by Crippen LogP contribution is -2.13. The minimum Gasteiger partial charge on any atom is -0.377 e. The van der Waals surface area contributed by atoms with Crippen molar-refractivity contribution in [1.29, 1.82) is 0 Å². The number of hydrogen-bond donors (Lipinski definition) is 1. The molecule has 0 aliphatic rings. The van der Waals surface area contributed by atoms with E-state index in [0.29, 0.717) is 0 Å². The van der Waals surface area contributed by atoms with E-state index in [2.05, 4.69) is 60.2 Å². The Bertz CT molecular complexity index is 759. The number of imidazole rings is 1. The van der Waals surface area contributed by atoms with Gasteiger partial charge in [-0.25, -0.2) is 4.98 Å². The third kappa shape index (κ3) is 3.53. The summed E-state index contributed by atoms with van der Waals surface area (Å²) in [6.45, 7) is 2.23. The molecule has 4 heteroatoms. The zero-order chi connectivity index (χ0) is 16.2. The Morgan fingerprint density at radius 2 is 1.83 bits per heavy atom. The van der Waals surface area contributed by atoms with Gasteiger partial charge < -0.3 is 9.88 Å². The molecule has 3 aromatic rings. The Labute approximate surface area is 142 Å². The van der Waals surface area contributed by atoms with Gasteiger partial charge in [-0.2, -0.15) is 0 Å². The maximum absolute atomic E-state index is 4.65. The fourth-order valence-corrected chi connectivity index (χ4v) is 3.82. The van der Waals surface area contributed by atoms with Crippen LogP contribution in [0.15, 0.2) is 47.6 Å². The molecule has 0 fully saturated rings. The maximum Gasteiger partial charge on any atom is 0.166 e. The molecule has 3 nitrogen and oxygen atoms in total. The average Bonchev–Trinajstić information content (AvgIpc) is 2.96. The number of benzene rings is 2. The smallest absolute Gasteiger partial charge is 0.166 e. The highest BCUT2D eigenvalue weighted by molar-refractivity contribution is 7.98. The van der Waals surface area contributed by atoms with Gasteiger partial charge in [0, 0.05) is 25.5 Å². The van der Waals surface area contributed by atoms with Crippen molar-refractivity contribution in [1.82, 2.24) is 9.97 Å². The lowest BCUT2D eigenvalue weighted by atomic mass is 10.0. The monoisotopic (exact) mass is 325 g/mol. The molecule has 0 saturated heterocycles. The summed E-state index contributed by atoms with van der Waals surface area (Å²) in [5.74, 6) is 0.922. The SMILES string of the molecule is CCCc1cccc(CSc2nc3ccccc3[nH]2)c1N(C)C. The molecule has 0 aliphatic carbocycles. The highest BCUT2D eigenvalue weighted by Gasteiger charge is 2.11. The number of aromatic nitrogens is 2. The Kier molecular flexibility index (Phi) is 4.91. The number of para-hydroxylation sites is 3. The van der Waals surface area contributed by atoms with E-state index in [1.165, 1.54) is 23.2 Å². The van der Waals surface area contributed by atoms with Crippen LogP contribution in [0, 0.1) is 0 Å². The number of nitrogens with one attached hydrogen (secondary N) is 1. The number of thioether (sulfide) groups is 1. The molecule has 0 amide bonds. The van der Waals surface area contributed by atoms with Crippen LogP contribution in [0.25, 0.3) is 11.0 Å². The summed E-state index contributed by atoms with van der Waals surface area (Å²) >= 11 is 1.76. The van der Waals surface area contributed by atoms with Crippen molar-refractivity contribution in [3.8, 4) is 0 Å². The first kappa shape index (κ1) is 15.9. The van der Waals surface area contributed by atoms with Crippen molar-refractivity contribution in [2.75, 3.05) is 19.0 Å². The molecule has 120 valence electrons. The average molecular weight is 325 g/mol. The van der Waals surface area contributed by atoms with Crippen LogP contribution < -0.4 is 4.90 Å². The normalized spacial score (nSPS) is 11.1. The summed E-state index contributed by atoms with van der Waals surface area (Å²) < 4.78 is 0. The van der Waals surface area contributed by atoms with Crippen LogP contribution in [-0.2, 0) is 12.2 Å². The van der Waals surface area contributed by atoms with Gasteiger partial charge in [-0.15, -0.1) is 0 Å². The third-order valence-corrected chi connectivity index (χ3v) is 4.82. The molecule has 0 radical (unpaired) electrons. The topological polar surface area (TPSA) is 31.9 Å². The standard InChI is InChI=1S/C19H23N3S/c1-4-8-14-9-7-10-15(18(14)22(2)3)13-23-19-20-16-11-5-6-12-17(16)21-19/h5-7,9-12H,4,8,13H2,1-3H3,(H,20,21). The van der Waals surface area contributed by atoms with E-state index >= 15 is 0 Å². The van der Waals surface area contributed by atoms with Crippen molar-refractivity contribution >= 4 is 28.5 Å². The van der Waals surface area contributed by atoms with Gasteiger partial charge in [0.2, 0.25) is 0 Å². The minimum absolute atomic E-state index is 0.922. The Hall–Kier alpha value is -1.94. The molecule has 2 aromatic carbocycles. The summed E-state index contributed by atoms with van der Waals surface area (Å²) in [4.78, 5) is 10.3. The Morgan fingerprint density at radius 3 is 2.57 bits per heavy atom. The predicted octanol–water partition coefficient (Wildman–Crippen LogP) is 4.87. The molecule has 0 unspecified atom stereocenters. The van der Waals surface area contributed by atoms with Crippen molar-refractivity contribution in [3.05, 3.63) is 53.6 Å². The van der Waals surface area contributed by atoms with Crippen LogP contribution in [0.3, 0.4) is 0 Å². The van der Waals surface area contributed by atoms with Gasteiger partial charge in [-0.1, -0.05) is 55.4 Å². The fraction of sp³-hybridized carbons (Fsp3) is 0.316. The zero-order valence-electron chi connectivity index (χ0n) is 14.0. The van der Waals surface area contributed by atoms with Crippen LogP contribution in [0.5, 0.6) is 0 Å². The van der Waals surface area contributed by atoms with Crippen molar-refractivity contribution in [2.45, 2.75) is 30.7 Å². The molecule has 0 saturated carbocycles. The molecule has 0 bridgehead atoms. The number of H-pyrrole nitrogens is 1. The molecule has 1 N–H and O–H groups in total. The first-order valence-corrected chi connectivity index (χ1v) is 9.03. The van der Waals surface area contributed by atoms with Gasteiger partial charge in [-0.3, -0.25) is 0 Å². The predicted molar refractivity (Wildman–Crippen MR) is 100 cm³/mol. The Balaban J connectivity index is 1.83. The second kappa shape index (κ2) is 7.09. The lowest BCUT2D eigenvalue weighted by molar-refractivity contribution is 0.909. The zero-order valence-corrected chi connectivity index (χ0v) is 14.8. The van der Waals surface area contributed by atoms with E-state index in [1.807, 2.05) is 18.2 Å². The van der Waals surface area contributed by atoms with Crippen molar-refractivity contribution in [2.24, 2.45) is 0 Å². The van der Waals surface area contributed by atoms with Crippen LogP contribution >= 0.6 is 11.8 Å². The molecule has 23 heavy (non-hydrogen) atoms. The second-order valence-electron chi connectivity index (χ2n) is 5.92. The number of hydrogen-bond acceptors (Lipinski definition) is 3. The summed E-state index contributed by atoms with van der Waals surface area (Å²) in [6.07, 6.45) is 2.29. The first-order valence-electron chi connectivity index (χ1n) is 8.04.